The number of para-hydroxylation sites is 1. The molecule has 1 aliphatic rings. The molecule has 0 aromatic heterocycles. The van der Waals surface area contributed by atoms with Crippen LogP contribution in [-0.4, -0.2) is 6.54 Å². The number of hydrogen-bond acceptors (Lipinski definition) is 1. The van der Waals surface area contributed by atoms with Gasteiger partial charge >= 0.3 is 0 Å². The molecule has 0 fully saturated rings. The first-order valence-electron chi connectivity index (χ1n) is 10.2. The maximum atomic E-state index is 2.41. The molecule has 0 unspecified atom stereocenters. The van der Waals surface area contributed by atoms with Gasteiger partial charge in [0.1, 0.15) is 0 Å². The average molecular weight is 373 g/mol. The van der Waals surface area contributed by atoms with Crippen LogP contribution >= 0.6 is 0 Å². The minimum atomic E-state index is 1.05. The number of benzene rings is 4. The first kappa shape index (κ1) is 17.5. The van der Waals surface area contributed by atoms with Crippen molar-refractivity contribution in [2.45, 2.75) is 6.42 Å². The van der Waals surface area contributed by atoms with Crippen molar-refractivity contribution in [2.75, 3.05) is 11.4 Å². The van der Waals surface area contributed by atoms with Crippen LogP contribution in [0, 0.1) is 0 Å². The Balaban J connectivity index is 1.49. The van der Waals surface area contributed by atoms with E-state index in [1.165, 1.54) is 39.2 Å². The zero-order valence-electron chi connectivity index (χ0n) is 16.3. The predicted molar refractivity (Wildman–Crippen MR) is 123 cm³/mol. The largest absolute Gasteiger partial charge is 0.341 e. The van der Waals surface area contributed by atoms with E-state index in [0.717, 1.165) is 13.0 Å². The fourth-order valence-electron chi connectivity index (χ4n) is 4.09. The summed E-state index contributed by atoms with van der Waals surface area (Å²) in [5.41, 5.74) is 8.95. The number of fused-ring (bicyclic) bond motifs is 1. The Morgan fingerprint density at radius 1 is 0.621 bits per heavy atom. The second-order valence-electron chi connectivity index (χ2n) is 7.41. The van der Waals surface area contributed by atoms with Crippen molar-refractivity contribution in [1.82, 2.24) is 0 Å². The maximum Gasteiger partial charge on any atom is 0.0444 e. The molecule has 0 saturated carbocycles. The van der Waals surface area contributed by atoms with Gasteiger partial charge in [-0.3, -0.25) is 0 Å². The SMILES string of the molecule is C(=C(c1ccccc1)c1ccccc1)c1ccc(N2CCc3ccccc32)cc1. The molecule has 1 heteroatoms. The van der Waals surface area contributed by atoms with Crippen molar-refractivity contribution < 1.29 is 0 Å². The van der Waals surface area contributed by atoms with E-state index in [0.29, 0.717) is 0 Å². The molecule has 5 rings (SSSR count). The highest BCUT2D eigenvalue weighted by atomic mass is 15.2. The standard InChI is InChI=1S/C28H23N/c1-3-9-23(10-4-1)27(24-11-5-2-6-12-24)21-22-15-17-26(18-16-22)29-20-19-25-13-7-8-14-28(25)29/h1-18,21H,19-20H2. The van der Waals surface area contributed by atoms with Gasteiger partial charge in [-0.15, -0.1) is 0 Å². The van der Waals surface area contributed by atoms with Crippen molar-refractivity contribution in [3.8, 4) is 0 Å². The van der Waals surface area contributed by atoms with Gasteiger partial charge in [-0.05, 0) is 58.5 Å². The number of anilines is 2. The molecule has 140 valence electrons. The van der Waals surface area contributed by atoms with E-state index in [1.807, 2.05) is 0 Å². The van der Waals surface area contributed by atoms with E-state index in [-0.39, 0.29) is 0 Å². The van der Waals surface area contributed by atoms with E-state index in [2.05, 4.69) is 120 Å². The molecule has 0 saturated heterocycles. The van der Waals surface area contributed by atoms with Crippen LogP contribution < -0.4 is 4.90 Å². The van der Waals surface area contributed by atoms with Gasteiger partial charge in [-0.1, -0.05) is 91.0 Å². The van der Waals surface area contributed by atoms with Crippen molar-refractivity contribution in [3.05, 3.63) is 131 Å². The molecule has 0 radical (unpaired) electrons. The van der Waals surface area contributed by atoms with Gasteiger partial charge in [0.05, 0.1) is 0 Å². The van der Waals surface area contributed by atoms with Gasteiger partial charge in [0.15, 0.2) is 0 Å². The highest BCUT2D eigenvalue weighted by Crippen LogP contribution is 2.34. The first-order chi connectivity index (χ1) is 14.4. The van der Waals surface area contributed by atoms with Gasteiger partial charge in [-0.2, -0.15) is 0 Å². The van der Waals surface area contributed by atoms with Gasteiger partial charge in [0, 0.05) is 17.9 Å². The highest BCUT2D eigenvalue weighted by molar-refractivity contribution is 5.91. The van der Waals surface area contributed by atoms with Crippen molar-refractivity contribution in [3.63, 3.8) is 0 Å². The summed E-state index contributed by atoms with van der Waals surface area (Å²) in [6.07, 6.45) is 3.40. The Morgan fingerprint density at radius 3 is 1.86 bits per heavy atom. The van der Waals surface area contributed by atoms with E-state index in [4.69, 9.17) is 0 Å². The van der Waals surface area contributed by atoms with Crippen LogP contribution in [0.1, 0.15) is 22.3 Å². The molecule has 0 bridgehead atoms. The third kappa shape index (κ3) is 3.60. The third-order valence-electron chi connectivity index (χ3n) is 5.57. The lowest BCUT2D eigenvalue weighted by Crippen LogP contribution is -2.12. The molecule has 1 aliphatic heterocycles. The molecule has 1 heterocycles. The Labute approximate surface area is 172 Å². The van der Waals surface area contributed by atoms with Gasteiger partial charge in [0.2, 0.25) is 0 Å². The monoisotopic (exact) mass is 373 g/mol. The number of nitrogens with zero attached hydrogens (tertiary/aromatic N) is 1. The number of rotatable bonds is 4. The summed E-state index contributed by atoms with van der Waals surface area (Å²) in [5.74, 6) is 0. The van der Waals surface area contributed by atoms with E-state index in [9.17, 15) is 0 Å². The average Bonchev–Trinajstić information content (AvgIpc) is 3.23. The van der Waals surface area contributed by atoms with Crippen LogP contribution in [0.3, 0.4) is 0 Å². The maximum absolute atomic E-state index is 2.41. The molecular weight excluding hydrogens is 350 g/mol. The fourth-order valence-corrected chi connectivity index (χ4v) is 4.09. The van der Waals surface area contributed by atoms with Crippen LogP contribution in [-0.2, 0) is 6.42 Å². The summed E-state index contributed by atoms with van der Waals surface area (Å²) in [7, 11) is 0. The molecule has 0 amide bonds. The summed E-state index contributed by atoms with van der Waals surface area (Å²) in [6, 6.07) is 38.9. The summed E-state index contributed by atoms with van der Waals surface area (Å²) < 4.78 is 0. The van der Waals surface area contributed by atoms with E-state index in [1.54, 1.807) is 0 Å². The van der Waals surface area contributed by atoms with Crippen molar-refractivity contribution >= 4 is 23.0 Å². The Kier molecular flexibility index (Phi) is 4.72. The van der Waals surface area contributed by atoms with Crippen LogP contribution in [0.5, 0.6) is 0 Å². The van der Waals surface area contributed by atoms with Crippen LogP contribution in [0.2, 0.25) is 0 Å². The minimum Gasteiger partial charge on any atom is -0.341 e. The van der Waals surface area contributed by atoms with Crippen LogP contribution in [0.4, 0.5) is 11.4 Å². The first-order valence-corrected chi connectivity index (χ1v) is 10.2. The molecular formula is C28H23N. The van der Waals surface area contributed by atoms with E-state index >= 15 is 0 Å². The summed E-state index contributed by atoms with van der Waals surface area (Å²) in [4.78, 5) is 2.41. The lowest BCUT2D eigenvalue weighted by atomic mass is 9.96. The molecule has 29 heavy (non-hydrogen) atoms. The minimum absolute atomic E-state index is 1.05. The van der Waals surface area contributed by atoms with E-state index < -0.39 is 0 Å². The normalized spacial score (nSPS) is 12.5. The molecule has 4 aromatic carbocycles. The Morgan fingerprint density at radius 2 is 1.21 bits per heavy atom. The van der Waals surface area contributed by atoms with Gasteiger partial charge in [-0.25, -0.2) is 0 Å². The number of hydrogen-bond donors (Lipinski definition) is 0. The second-order valence-corrected chi connectivity index (χ2v) is 7.41. The summed E-state index contributed by atoms with van der Waals surface area (Å²) in [6.45, 7) is 1.05. The predicted octanol–water partition coefficient (Wildman–Crippen LogP) is 6.97. The topological polar surface area (TPSA) is 3.24 Å². The Bertz CT molecular complexity index is 1080. The molecule has 0 atom stereocenters. The summed E-state index contributed by atoms with van der Waals surface area (Å²) in [5, 5.41) is 0. The fraction of sp³-hybridized carbons (Fsp3) is 0.0714. The quantitative estimate of drug-likeness (QED) is 0.349. The zero-order chi connectivity index (χ0) is 19.5. The van der Waals surface area contributed by atoms with Gasteiger partial charge in [0.25, 0.3) is 0 Å². The van der Waals surface area contributed by atoms with Gasteiger partial charge < -0.3 is 4.90 Å². The molecule has 0 N–H and O–H groups in total. The zero-order valence-corrected chi connectivity index (χ0v) is 16.3. The molecule has 0 spiro atoms. The molecule has 4 aromatic rings. The second kappa shape index (κ2) is 7.81. The smallest absolute Gasteiger partial charge is 0.0444 e. The van der Waals surface area contributed by atoms with Crippen LogP contribution in [0.25, 0.3) is 11.6 Å². The lowest BCUT2D eigenvalue weighted by Gasteiger charge is -2.19. The Hall–Kier alpha value is -3.58. The van der Waals surface area contributed by atoms with Crippen molar-refractivity contribution in [1.29, 1.82) is 0 Å². The third-order valence-corrected chi connectivity index (χ3v) is 5.57. The summed E-state index contributed by atoms with van der Waals surface area (Å²) >= 11 is 0. The highest BCUT2D eigenvalue weighted by Gasteiger charge is 2.19. The van der Waals surface area contributed by atoms with Crippen LogP contribution in [0.15, 0.2) is 109 Å². The molecule has 1 nitrogen and oxygen atoms in total. The van der Waals surface area contributed by atoms with Crippen molar-refractivity contribution in [2.24, 2.45) is 0 Å². The lowest BCUT2D eigenvalue weighted by molar-refractivity contribution is 0.998. The molecule has 0 aliphatic carbocycles.